The van der Waals surface area contributed by atoms with Gasteiger partial charge in [0, 0.05) is 11.9 Å². The third-order valence-corrected chi connectivity index (χ3v) is 5.05. The molecule has 0 saturated carbocycles. The van der Waals surface area contributed by atoms with Crippen molar-refractivity contribution < 1.29 is 9.53 Å². The highest BCUT2D eigenvalue weighted by Crippen LogP contribution is 2.37. The maximum Gasteiger partial charge on any atom is 0.268 e. The molecule has 144 valence electrons. The molecule has 1 aliphatic rings. The summed E-state index contributed by atoms with van der Waals surface area (Å²) in [5.41, 5.74) is 3.11. The molecule has 5 rings (SSSR count). The molecule has 1 aliphatic heterocycles. The molecule has 0 unspecified atom stereocenters. The van der Waals surface area contributed by atoms with Gasteiger partial charge >= 0.3 is 0 Å². The lowest BCUT2D eigenvalue weighted by molar-refractivity contribution is 0.0932. The average Bonchev–Trinajstić information content (AvgIpc) is 3.17. The van der Waals surface area contributed by atoms with Gasteiger partial charge in [-0.1, -0.05) is 29.3 Å². The lowest BCUT2D eigenvalue weighted by atomic mass is 10.2. The Hall–Kier alpha value is -3.36. The van der Waals surface area contributed by atoms with Crippen molar-refractivity contribution in [3.8, 4) is 5.88 Å². The first-order valence-electron chi connectivity index (χ1n) is 8.56. The zero-order chi connectivity index (χ0) is 20.0. The van der Waals surface area contributed by atoms with E-state index in [1.165, 1.54) is 11.1 Å². The summed E-state index contributed by atoms with van der Waals surface area (Å²) in [5, 5.41) is 3.79. The Kier molecular flexibility index (Phi) is 4.22. The van der Waals surface area contributed by atoms with Crippen molar-refractivity contribution in [1.29, 1.82) is 0 Å². The van der Waals surface area contributed by atoms with Crippen LogP contribution in [0, 0.1) is 0 Å². The predicted octanol–water partition coefficient (Wildman–Crippen LogP) is 4.40. The van der Waals surface area contributed by atoms with Gasteiger partial charge in [0.15, 0.2) is 6.73 Å². The minimum Gasteiger partial charge on any atom is -0.455 e. The van der Waals surface area contributed by atoms with Crippen LogP contribution in [0.5, 0.6) is 5.88 Å². The monoisotopic (exact) mass is 426 g/mol. The number of hydrogen-bond acceptors (Lipinski definition) is 6. The number of nitrogens with one attached hydrogen (secondary N) is 2. The highest BCUT2D eigenvalue weighted by molar-refractivity contribution is 6.40. The van der Waals surface area contributed by atoms with E-state index in [-0.39, 0.29) is 24.1 Å². The van der Waals surface area contributed by atoms with Crippen LogP contribution in [-0.4, -0.2) is 32.6 Å². The second-order valence-corrected chi connectivity index (χ2v) is 7.06. The number of H-pyrrole nitrogens is 1. The van der Waals surface area contributed by atoms with E-state index in [0.717, 1.165) is 16.7 Å². The first kappa shape index (κ1) is 17.7. The SMILES string of the molecule is O=C1c2cnc(Nc3ccc4[nH]cnc4c3)nc2OCN1c1c(Cl)cccc1Cl. The number of aromatic nitrogens is 4. The minimum atomic E-state index is -0.342. The van der Waals surface area contributed by atoms with E-state index in [1.807, 2.05) is 18.2 Å². The standard InChI is InChI=1S/C19H12Cl2N6O2/c20-12-2-1-3-13(21)16(12)27-9-29-17-11(18(27)28)7-22-19(26-17)25-10-4-5-14-15(6-10)24-8-23-14/h1-8H,9H2,(H,23,24)(H,22,25,26). The number of para-hydroxylation sites is 1. The normalized spacial score (nSPS) is 13.3. The van der Waals surface area contributed by atoms with Gasteiger partial charge in [-0.3, -0.25) is 9.69 Å². The average molecular weight is 427 g/mol. The van der Waals surface area contributed by atoms with Crippen LogP contribution >= 0.6 is 23.2 Å². The van der Waals surface area contributed by atoms with Gasteiger partial charge in [-0.2, -0.15) is 4.98 Å². The van der Waals surface area contributed by atoms with E-state index in [1.54, 1.807) is 24.5 Å². The topological polar surface area (TPSA) is 96.0 Å². The van der Waals surface area contributed by atoms with E-state index in [9.17, 15) is 4.79 Å². The fourth-order valence-corrected chi connectivity index (χ4v) is 3.67. The van der Waals surface area contributed by atoms with Crippen LogP contribution in [0.1, 0.15) is 10.4 Å². The number of nitrogens with zero attached hydrogens (tertiary/aromatic N) is 4. The number of imidazole rings is 1. The van der Waals surface area contributed by atoms with Crippen LogP contribution in [0.2, 0.25) is 10.0 Å². The Morgan fingerprint density at radius 2 is 1.97 bits per heavy atom. The van der Waals surface area contributed by atoms with Crippen molar-refractivity contribution in [3.63, 3.8) is 0 Å². The molecular weight excluding hydrogens is 415 g/mol. The minimum absolute atomic E-state index is 0.0645. The number of benzene rings is 2. The van der Waals surface area contributed by atoms with Crippen LogP contribution in [-0.2, 0) is 0 Å². The molecule has 10 heteroatoms. The fraction of sp³-hybridized carbons (Fsp3) is 0.0526. The highest BCUT2D eigenvalue weighted by atomic mass is 35.5. The summed E-state index contributed by atoms with van der Waals surface area (Å²) < 4.78 is 5.69. The molecule has 0 fully saturated rings. The fourth-order valence-electron chi connectivity index (χ4n) is 3.06. The number of rotatable bonds is 3. The lowest BCUT2D eigenvalue weighted by Crippen LogP contribution is -2.39. The van der Waals surface area contributed by atoms with Crippen molar-refractivity contribution in [2.75, 3.05) is 16.9 Å². The molecule has 2 aromatic carbocycles. The maximum atomic E-state index is 12.9. The molecule has 0 saturated heterocycles. The van der Waals surface area contributed by atoms with E-state index >= 15 is 0 Å². The third kappa shape index (κ3) is 3.12. The molecule has 8 nitrogen and oxygen atoms in total. The summed E-state index contributed by atoms with van der Waals surface area (Å²) in [7, 11) is 0. The van der Waals surface area contributed by atoms with Crippen molar-refractivity contribution in [1.82, 2.24) is 19.9 Å². The van der Waals surface area contributed by atoms with Gasteiger partial charge in [-0.15, -0.1) is 0 Å². The van der Waals surface area contributed by atoms with Crippen LogP contribution in [0.3, 0.4) is 0 Å². The Morgan fingerprint density at radius 3 is 2.79 bits per heavy atom. The smallest absolute Gasteiger partial charge is 0.268 e. The van der Waals surface area contributed by atoms with Crippen molar-refractivity contribution in [2.24, 2.45) is 0 Å². The largest absolute Gasteiger partial charge is 0.455 e. The van der Waals surface area contributed by atoms with Crippen LogP contribution in [0.4, 0.5) is 17.3 Å². The number of carbonyl (C=O) groups is 1. The number of amides is 1. The number of halogens is 2. The molecule has 0 radical (unpaired) electrons. The van der Waals surface area contributed by atoms with E-state index < -0.39 is 0 Å². The van der Waals surface area contributed by atoms with Crippen LogP contribution in [0.25, 0.3) is 11.0 Å². The Labute approximate surface area is 174 Å². The second-order valence-electron chi connectivity index (χ2n) is 6.25. The number of fused-ring (bicyclic) bond motifs is 2. The molecule has 0 spiro atoms. The number of aromatic amines is 1. The van der Waals surface area contributed by atoms with Gasteiger partial charge in [-0.25, -0.2) is 9.97 Å². The molecule has 4 aromatic rings. The number of carbonyl (C=O) groups excluding carboxylic acids is 1. The van der Waals surface area contributed by atoms with E-state index in [2.05, 4.69) is 25.3 Å². The van der Waals surface area contributed by atoms with Gasteiger partial charge < -0.3 is 15.0 Å². The van der Waals surface area contributed by atoms with Crippen molar-refractivity contribution >= 4 is 57.5 Å². The van der Waals surface area contributed by atoms with E-state index in [0.29, 0.717) is 21.7 Å². The quantitative estimate of drug-likeness (QED) is 0.503. The van der Waals surface area contributed by atoms with Gasteiger partial charge in [0.1, 0.15) is 5.56 Å². The molecule has 0 bridgehead atoms. The predicted molar refractivity (Wildman–Crippen MR) is 110 cm³/mol. The summed E-state index contributed by atoms with van der Waals surface area (Å²) in [4.78, 5) is 30.1. The molecule has 2 aromatic heterocycles. The Balaban J connectivity index is 1.43. The summed E-state index contributed by atoms with van der Waals surface area (Å²) >= 11 is 12.4. The second kappa shape index (κ2) is 6.91. The molecule has 29 heavy (non-hydrogen) atoms. The molecule has 3 heterocycles. The van der Waals surface area contributed by atoms with Gasteiger partial charge in [-0.05, 0) is 30.3 Å². The van der Waals surface area contributed by atoms with Crippen LogP contribution < -0.4 is 15.0 Å². The van der Waals surface area contributed by atoms with Crippen molar-refractivity contribution in [3.05, 3.63) is 64.5 Å². The lowest BCUT2D eigenvalue weighted by Gasteiger charge is -2.29. The number of anilines is 3. The number of hydrogen-bond donors (Lipinski definition) is 2. The summed E-state index contributed by atoms with van der Waals surface area (Å²) in [6.45, 7) is -0.0645. The first-order valence-corrected chi connectivity index (χ1v) is 9.31. The molecule has 0 atom stereocenters. The summed E-state index contributed by atoms with van der Waals surface area (Å²) in [6.07, 6.45) is 3.04. The zero-order valence-corrected chi connectivity index (χ0v) is 16.2. The van der Waals surface area contributed by atoms with Crippen molar-refractivity contribution in [2.45, 2.75) is 0 Å². The Morgan fingerprint density at radius 1 is 1.14 bits per heavy atom. The molecule has 0 aliphatic carbocycles. The highest BCUT2D eigenvalue weighted by Gasteiger charge is 2.31. The first-order chi connectivity index (χ1) is 14.1. The molecule has 1 amide bonds. The Bertz CT molecular complexity index is 1240. The molecular formula is C19H12Cl2N6O2. The zero-order valence-electron chi connectivity index (χ0n) is 14.7. The van der Waals surface area contributed by atoms with Gasteiger partial charge in [0.2, 0.25) is 11.8 Å². The van der Waals surface area contributed by atoms with Gasteiger partial charge in [0.25, 0.3) is 5.91 Å². The maximum absolute atomic E-state index is 12.9. The molecule has 2 N–H and O–H groups in total. The van der Waals surface area contributed by atoms with Crippen LogP contribution in [0.15, 0.2) is 48.9 Å². The summed E-state index contributed by atoms with van der Waals surface area (Å²) in [5.74, 6) is 0.147. The third-order valence-electron chi connectivity index (χ3n) is 4.44. The van der Waals surface area contributed by atoms with Gasteiger partial charge in [0.05, 0.1) is 33.1 Å². The van der Waals surface area contributed by atoms with E-state index in [4.69, 9.17) is 27.9 Å². The summed E-state index contributed by atoms with van der Waals surface area (Å²) in [6, 6.07) is 10.7. The number of ether oxygens (including phenoxy) is 1.